The molecule has 0 saturated heterocycles. The number of thioether (sulfide) groups is 1. The Labute approximate surface area is 105 Å². The molecule has 1 atom stereocenters. The summed E-state index contributed by atoms with van der Waals surface area (Å²) in [5, 5.41) is 4.36. The number of aromatic amines is 1. The SMILES string of the molecule is CSC(C)CNC(=O)c1c[nH]c2ccccc12. The van der Waals surface area contributed by atoms with E-state index in [1.165, 1.54) is 0 Å². The van der Waals surface area contributed by atoms with Crippen molar-refractivity contribution < 1.29 is 4.79 Å². The molecule has 3 nitrogen and oxygen atoms in total. The number of rotatable bonds is 4. The molecule has 0 fully saturated rings. The minimum Gasteiger partial charge on any atom is -0.360 e. The highest BCUT2D eigenvalue weighted by molar-refractivity contribution is 7.99. The second-order valence-electron chi connectivity index (χ2n) is 4.00. The van der Waals surface area contributed by atoms with E-state index in [0.29, 0.717) is 17.4 Å². The summed E-state index contributed by atoms with van der Waals surface area (Å²) in [6.45, 7) is 2.79. The Morgan fingerprint density at radius 2 is 2.24 bits per heavy atom. The van der Waals surface area contributed by atoms with Gasteiger partial charge in [0.05, 0.1) is 5.56 Å². The number of hydrogen-bond acceptors (Lipinski definition) is 2. The lowest BCUT2D eigenvalue weighted by atomic mass is 10.1. The molecule has 1 aromatic carbocycles. The van der Waals surface area contributed by atoms with Crippen molar-refractivity contribution in [2.75, 3.05) is 12.8 Å². The number of nitrogens with one attached hydrogen (secondary N) is 2. The van der Waals surface area contributed by atoms with Gasteiger partial charge in [-0.05, 0) is 12.3 Å². The molecule has 1 amide bonds. The van der Waals surface area contributed by atoms with Crippen LogP contribution in [0.3, 0.4) is 0 Å². The van der Waals surface area contributed by atoms with Crippen molar-refractivity contribution in [2.24, 2.45) is 0 Å². The first kappa shape index (κ1) is 12.0. The molecular weight excluding hydrogens is 232 g/mol. The number of H-pyrrole nitrogens is 1. The van der Waals surface area contributed by atoms with Crippen LogP contribution >= 0.6 is 11.8 Å². The maximum Gasteiger partial charge on any atom is 0.253 e. The van der Waals surface area contributed by atoms with Crippen LogP contribution < -0.4 is 5.32 Å². The first-order valence-electron chi connectivity index (χ1n) is 5.59. The molecule has 0 radical (unpaired) electrons. The average molecular weight is 248 g/mol. The Balaban J connectivity index is 2.14. The van der Waals surface area contributed by atoms with Crippen molar-refractivity contribution in [3.8, 4) is 0 Å². The highest BCUT2D eigenvalue weighted by Gasteiger charge is 2.11. The van der Waals surface area contributed by atoms with E-state index >= 15 is 0 Å². The van der Waals surface area contributed by atoms with Crippen molar-refractivity contribution in [3.63, 3.8) is 0 Å². The zero-order valence-corrected chi connectivity index (χ0v) is 10.8. The van der Waals surface area contributed by atoms with Gasteiger partial charge in [-0.2, -0.15) is 11.8 Å². The van der Waals surface area contributed by atoms with Gasteiger partial charge in [-0.1, -0.05) is 25.1 Å². The first-order chi connectivity index (χ1) is 8.22. The number of para-hydroxylation sites is 1. The number of benzene rings is 1. The van der Waals surface area contributed by atoms with E-state index < -0.39 is 0 Å². The maximum absolute atomic E-state index is 12.0. The van der Waals surface area contributed by atoms with Crippen LogP contribution in [-0.2, 0) is 0 Å². The van der Waals surface area contributed by atoms with Gasteiger partial charge in [0.1, 0.15) is 0 Å². The highest BCUT2D eigenvalue weighted by atomic mass is 32.2. The Hall–Kier alpha value is -1.42. The van der Waals surface area contributed by atoms with Gasteiger partial charge in [-0.25, -0.2) is 0 Å². The first-order valence-corrected chi connectivity index (χ1v) is 6.88. The van der Waals surface area contributed by atoms with Gasteiger partial charge in [0.25, 0.3) is 5.91 Å². The molecule has 2 rings (SSSR count). The molecule has 2 N–H and O–H groups in total. The van der Waals surface area contributed by atoms with Gasteiger partial charge in [0, 0.05) is 28.9 Å². The number of hydrogen-bond donors (Lipinski definition) is 2. The fourth-order valence-corrected chi connectivity index (χ4v) is 1.92. The number of carbonyl (C=O) groups excluding carboxylic acids is 1. The van der Waals surface area contributed by atoms with Crippen LogP contribution in [0.5, 0.6) is 0 Å². The second-order valence-corrected chi connectivity index (χ2v) is 5.28. The van der Waals surface area contributed by atoms with Crippen molar-refractivity contribution in [1.29, 1.82) is 0 Å². The van der Waals surface area contributed by atoms with Crippen LogP contribution in [0.4, 0.5) is 0 Å². The molecule has 0 aliphatic heterocycles. The quantitative estimate of drug-likeness (QED) is 0.873. The number of carbonyl (C=O) groups is 1. The number of amides is 1. The van der Waals surface area contributed by atoms with Crippen molar-refractivity contribution in [1.82, 2.24) is 10.3 Å². The van der Waals surface area contributed by atoms with E-state index in [9.17, 15) is 4.79 Å². The standard InChI is InChI=1S/C13H16N2OS/c1-9(17-2)7-15-13(16)11-8-14-12-6-4-3-5-10(11)12/h3-6,8-9,14H,7H2,1-2H3,(H,15,16). The molecule has 2 aromatic rings. The molecule has 1 unspecified atom stereocenters. The average Bonchev–Trinajstić information content (AvgIpc) is 2.79. The van der Waals surface area contributed by atoms with E-state index in [0.717, 1.165) is 10.9 Å². The number of aromatic nitrogens is 1. The van der Waals surface area contributed by atoms with Crippen LogP contribution in [0, 0.1) is 0 Å². The van der Waals surface area contributed by atoms with Gasteiger partial charge in [0.2, 0.25) is 0 Å². The fourth-order valence-electron chi connectivity index (χ4n) is 1.67. The maximum atomic E-state index is 12.0. The third-order valence-corrected chi connectivity index (χ3v) is 3.76. The molecule has 1 aromatic heterocycles. The predicted octanol–water partition coefficient (Wildman–Crippen LogP) is 2.65. The summed E-state index contributed by atoms with van der Waals surface area (Å²) >= 11 is 1.75. The van der Waals surface area contributed by atoms with Crippen molar-refractivity contribution in [3.05, 3.63) is 36.0 Å². The Morgan fingerprint density at radius 1 is 1.47 bits per heavy atom. The Morgan fingerprint density at radius 3 is 3.00 bits per heavy atom. The molecule has 0 bridgehead atoms. The summed E-state index contributed by atoms with van der Waals surface area (Å²) in [5.74, 6) is -0.0108. The third kappa shape index (κ3) is 2.64. The predicted molar refractivity (Wildman–Crippen MR) is 73.6 cm³/mol. The zero-order chi connectivity index (χ0) is 12.3. The summed E-state index contributed by atoms with van der Waals surface area (Å²) in [6.07, 6.45) is 3.81. The van der Waals surface area contributed by atoms with Crippen LogP contribution in [-0.4, -0.2) is 28.9 Å². The third-order valence-electron chi connectivity index (χ3n) is 2.79. The fraction of sp³-hybridized carbons (Fsp3) is 0.308. The molecule has 0 saturated carbocycles. The molecule has 0 aliphatic carbocycles. The van der Waals surface area contributed by atoms with Crippen LogP contribution in [0.2, 0.25) is 0 Å². The second kappa shape index (κ2) is 5.27. The molecule has 0 aliphatic rings. The van der Waals surface area contributed by atoms with Gasteiger partial charge in [0.15, 0.2) is 0 Å². The molecule has 17 heavy (non-hydrogen) atoms. The number of fused-ring (bicyclic) bond motifs is 1. The molecule has 0 spiro atoms. The molecule has 90 valence electrons. The van der Waals surface area contributed by atoms with Crippen LogP contribution in [0.25, 0.3) is 10.9 Å². The summed E-state index contributed by atoms with van der Waals surface area (Å²) in [5.41, 5.74) is 1.71. The van der Waals surface area contributed by atoms with Crippen LogP contribution in [0.15, 0.2) is 30.5 Å². The van der Waals surface area contributed by atoms with Crippen molar-refractivity contribution >= 4 is 28.6 Å². The normalized spacial score (nSPS) is 12.6. The van der Waals surface area contributed by atoms with Gasteiger partial charge in [-0.3, -0.25) is 4.79 Å². The molecule has 1 heterocycles. The van der Waals surface area contributed by atoms with Gasteiger partial charge in [-0.15, -0.1) is 0 Å². The monoisotopic (exact) mass is 248 g/mol. The zero-order valence-electron chi connectivity index (χ0n) is 9.99. The van der Waals surface area contributed by atoms with E-state index in [1.54, 1.807) is 18.0 Å². The lowest BCUT2D eigenvalue weighted by molar-refractivity contribution is 0.0956. The topological polar surface area (TPSA) is 44.9 Å². The van der Waals surface area contributed by atoms with E-state index in [4.69, 9.17) is 0 Å². The smallest absolute Gasteiger partial charge is 0.253 e. The summed E-state index contributed by atoms with van der Waals surface area (Å²) in [6, 6.07) is 7.82. The van der Waals surface area contributed by atoms with Gasteiger partial charge < -0.3 is 10.3 Å². The minimum atomic E-state index is -0.0108. The Bertz CT molecular complexity index is 521. The lowest BCUT2D eigenvalue weighted by Gasteiger charge is -2.09. The largest absolute Gasteiger partial charge is 0.360 e. The lowest BCUT2D eigenvalue weighted by Crippen LogP contribution is -2.29. The van der Waals surface area contributed by atoms with E-state index in [-0.39, 0.29) is 5.91 Å². The highest BCUT2D eigenvalue weighted by Crippen LogP contribution is 2.17. The van der Waals surface area contributed by atoms with Crippen molar-refractivity contribution in [2.45, 2.75) is 12.2 Å². The summed E-state index contributed by atoms with van der Waals surface area (Å²) < 4.78 is 0. The summed E-state index contributed by atoms with van der Waals surface area (Å²) in [7, 11) is 0. The van der Waals surface area contributed by atoms with E-state index in [2.05, 4.69) is 17.2 Å². The van der Waals surface area contributed by atoms with Gasteiger partial charge >= 0.3 is 0 Å². The van der Waals surface area contributed by atoms with Crippen LogP contribution in [0.1, 0.15) is 17.3 Å². The minimum absolute atomic E-state index is 0.0108. The van der Waals surface area contributed by atoms with E-state index in [1.807, 2.05) is 30.5 Å². The summed E-state index contributed by atoms with van der Waals surface area (Å²) in [4.78, 5) is 15.1. The molecular formula is C13H16N2OS. The Kier molecular flexibility index (Phi) is 3.74. The molecule has 4 heteroatoms.